The number of rotatable bonds is 7. The molecule has 3 nitrogen and oxygen atoms in total. The topological polar surface area (TPSA) is 15.7 Å². The minimum Gasteiger partial charge on any atom is -0.488 e. The minimum atomic E-state index is 0.581. The Hall–Kier alpha value is -2.62. The van der Waals surface area contributed by atoms with Gasteiger partial charge >= 0.3 is 0 Å². The van der Waals surface area contributed by atoms with Crippen LogP contribution in [-0.4, -0.2) is 43.0 Å². The van der Waals surface area contributed by atoms with Crippen LogP contribution in [0.3, 0.4) is 0 Å². The Morgan fingerprint density at radius 2 is 1.59 bits per heavy atom. The smallest absolute Gasteiger partial charge is 0.127 e. The summed E-state index contributed by atoms with van der Waals surface area (Å²) >= 11 is 0. The maximum Gasteiger partial charge on any atom is 0.127 e. The summed E-state index contributed by atoms with van der Waals surface area (Å²) in [4.78, 5) is 4.89. The van der Waals surface area contributed by atoms with Gasteiger partial charge in [-0.3, -0.25) is 4.90 Å². The quantitative estimate of drug-likeness (QED) is 0.564. The van der Waals surface area contributed by atoms with E-state index in [1.54, 1.807) is 0 Å². The molecule has 4 rings (SSSR count). The van der Waals surface area contributed by atoms with E-state index < -0.39 is 0 Å². The molecule has 0 aliphatic carbocycles. The number of para-hydroxylation sites is 1. The molecule has 1 aliphatic heterocycles. The molecule has 1 saturated heterocycles. The van der Waals surface area contributed by atoms with Gasteiger partial charge in [0.1, 0.15) is 12.4 Å². The van der Waals surface area contributed by atoms with Crippen molar-refractivity contribution in [2.45, 2.75) is 25.6 Å². The summed E-state index contributed by atoms with van der Waals surface area (Å²) in [6.07, 6.45) is 1.26. The number of likely N-dealkylation sites (tertiary alicyclic amines) is 1. The third kappa shape index (κ3) is 5.06. The molecule has 0 radical (unpaired) electrons. The van der Waals surface area contributed by atoms with Gasteiger partial charge in [-0.1, -0.05) is 72.8 Å². The van der Waals surface area contributed by atoms with Crippen LogP contribution in [0.5, 0.6) is 5.75 Å². The van der Waals surface area contributed by atoms with Crippen LogP contribution in [0.25, 0.3) is 11.1 Å². The zero-order valence-corrected chi connectivity index (χ0v) is 17.4. The van der Waals surface area contributed by atoms with E-state index in [-0.39, 0.29) is 0 Å². The molecule has 0 bridgehead atoms. The highest BCUT2D eigenvalue weighted by molar-refractivity contribution is 5.70. The van der Waals surface area contributed by atoms with E-state index in [0.29, 0.717) is 12.6 Å². The normalized spacial score (nSPS) is 17.0. The number of benzene rings is 3. The van der Waals surface area contributed by atoms with Crippen molar-refractivity contribution < 1.29 is 4.74 Å². The number of likely N-dealkylation sites (N-methyl/N-ethyl adjacent to an activating group) is 1. The van der Waals surface area contributed by atoms with Gasteiger partial charge in [0, 0.05) is 31.2 Å². The Balaban J connectivity index is 1.42. The zero-order valence-electron chi connectivity index (χ0n) is 17.4. The maximum atomic E-state index is 6.14. The molecule has 1 heterocycles. The molecule has 29 heavy (non-hydrogen) atoms. The second kappa shape index (κ2) is 9.25. The van der Waals surface area contributed by atoms with E-state index in [2.05, 4.69) is 78.5 Å². The van der Waals surface area contributed by atoms with Crippen LogP contribution in [0.2, 0.25) is 0 Å². The summed E-state index contributed by atoms with van der Waals surface area (Å²) < 4.78 is 6.14. The third-order valence-electron chi connectivity index (χ3n) is 5.77. The van der Waals surface area contributed by atoms with Crippen LogP contribution < -0.4 is 4.74 Å². The summed E-state index contributed by atoms with van der Waals surface area (Å²) in [6.45, 7) is 3.94. The standard InChI is InChI=1S/C26H30N2O/c1-27(2)24-16-17-28(19-24)18-21-12-14-23(15-13-21)25-10-6-7-11-26(25)29-20-22-8-4-3-5-9-22/h3-15,24H,16-20H2,1-2H3. The van der Waals surface area contributed by atoms with E-state index in [4.69, 9.17) is 4.74 Å². The fraction of sp³-hybridized carbons (Fsp3) is 0.308. The lowest BCUT2D eigenvalue weighted by Crippen LogP contribution is -2.31. The molecule has 1 fully saturated rings. The van der Waals surface area contributed by atoms with Crippen molar-refractivity contribution in [3.63, 3.8) is 0 Å². The molecule has 150 valence electrons. The highest BCUT2D eigenvalue weighted by Gasteiger charge is 2.23. The van der Waals surface area contributed by atoms with Gasteiger partial charge in [-0.2, -0.15) is 0 Å². The van der Waals surface area contributed by atoms with Gasteiger partial charge in [0.2, 0.25) is 0 Å². The lowest BCUT2D eigenvalue weighted by molar-refractivity contribution is 0.264. The molecule has 0 aromatic heterocycles. The Labute approximate surface area is 174 Å². The molecule has 3 heteroatoms. The first-order valence-electron chi connectivity index (χ1n) is 10.4. The molecule has 0 N–H and O–H groups in total. The second-order valence-electron chi connectivity index (χ2n) is 8.11. The average molecular weight is 387 g/mol. The van der Waals surface area contributed by atoms with Crippen molar-refractivity contribution in [1.29, 1.82) is 0 Å². The van der Waals surface area contributed by atoms with E-state index in [0.717, 1.165) is 24.4 Å². The Kier molecular flexibility index (Phi) is 6.28. The Morgan fingerprint density at radius 1 is 0.862 bits per heavy atom. The number of hydrogen-bond acceptors (Lipinski definition) is 3. The average Bonchev–Trinajstić information content (AvgIpc) is 3.23. The highest BCUT2D eigenvalue weighted by Crippen LogP contribution is 2.31. The van der Waals surface area contributed by atoms with Gasteiger partial charge < -0.3 is 9.64 Å². The van der Waals surface area contributed by atoms with Crippen LogP contribution in [0.1, 0.15) is 17.5 Å². The lowest BCUT2D eigenvalue weighted by atomic mass is 10.0. The van der Waals surface area contributed by atoms with Gasteiger partial charge in [0.05, 0.1) is 0 Å². The monoisotopic (exact) mass is 386 g/mol. The van der Waals surface area contributed by atoms with Crippen molar-refractivity contribution in [3.8, 4) is 16.9 Å². The van der Waals surface area contributed by atoms with Gasteiger partial charge in [-0.15, -0.1) is 0 Å². The largest absolute Gasteiger partial charge is 0.488 e. The fourth-order valence-corrected chi connectivity index (χ4v) is 3.99. The summed E-state index contributed by atoms with van der Waals surface area (Å²) in [7, 11) is 4.36. The van der Waals surface area contributed by atoms with Crippen LogP contribution in [0, 0.1) is 0 Å². The Bertz CT molecular complexity index is 906. The van der Waals surface area contributed by atoms with E-state index in [1.807, 2.05) is 24.3 Å². The Morgan fingerprint density at radius 3 is 2.31 bits per heavy atom. The van der Waals surface area contributed by atoms with E-state index >= 15 is 0 Å². The molecule has 0 amide bonds. The first-order chi connectivity index (χ1) is 14.2. The van der Waals surface area contributed by atoms with Crippen molar-refractivity contribution in [2.24, 2.45) is 0 Å². The summed E-state index contributed by atoms with van der Waals surface area (Å²) in [5, 5.41) is 0. The summed E-state index contributed by atoms with van der Waals surface area (Å²) in [6, 6.07) is 28.2. The van der Waals surface area contributed by atoms with Gasteiger partial charge in [0.15, 0.2) is 0 Å². The van der Waals surface area contributed by atoms with Gasteiger partial charge in [-0.05, 0) is 43.3 Å². The fourth-order valence-electron chi connectivity index (χ4n) is 3.99. The molecular weight excluding hydrogens is 356 g/mol. The molecule has 1 aliphatic rings. The van der Waals surface area contributed by atoms with Crippen LogP contribution >= 0.6 is 0 Å². The maximum absolute atomic E-state index is 6.14. The number of ether oxygens (including phenoxy) is 1. The van der Waals surface area contributed by atoms with Crippen molar-refractivity contribution in [3.05, 3.63) is 90.0 Å². The predicted octanol–water partition coefficient (Wildman–Crippen LogP) is 5.07. The molecule has 1 atom stereocenters. The number of nitrogens with zero attached hydrogens (tertiary/aromatic N) is 2. The van der Waals surface area contributed by atoms with Crippen LogP contribution in [0.4, 0.5) is 0 Å². The molecule has 3 aromatic carbocycles. The molecular formula is C26H30N2O. The minimum absolute atomic E-state index is 0.581. The SMILES string of the molecule is CN(C)C1CCN(Cc2ccc(-c3ccccc3OCc3ccccc3)cc2)C1. The van der Waals surface area contributed by atoms with Crippen molar-refractivity contribution in [2.75, 3.05) is 27.2 Å². The number of hydrogen-bond donors (Lipinski definition) is 0. The first kappa shape index (κ1) is 19.7. The lowest BCUT2D eigenvalue weighted by Gasteiger charge is -2.20. The van der Waals surface area contributed by atoms with Crippen molar-refractivity contribution in [1.82, 2.24) is 9.80 Å². The second-order valence-corrected chi connectivity index (χ2v) is 8.11. The molecule has 0 spiro atoms. The highest BCUT2D eigenvalue weighted by atomic mass is 16.5. The van der Waals surface area contributed by atoms with Crippen LogP contribution in [0.15, 0.2) is 78.9 Å². The van der Waals surface area contributed by atoms with Crippen molar-refractivity contribution >= 4 is 0 Å². The predicted molar refractivity (Wildman–Crippen MR) is 120 cm³/mol. The van der Waals surface area contributed by atoms with Gasteiger partial charge in [0.25, 0.3) is 0 Å². The molecule has 0 saturated carbocycles. The zero-order chi connectivity index (χ0) is 20.1. The van der Waals surface area contributed by atoms with E-state index in [9.17, 15) is 0 Å². The van der Waals surface area contributed by atoms with E-state index in [1.165, 1.54) is 29.7 Å². The molecule has 3 aromatic rings. The van der Waals surface area contributed by atoms with Gasteiger partial charge in [-0.25, -0.2) is 0 Å². The third-order valence-corrected chi connectivity index (χ3v) is 5.77. The van der Waals surface area contributed by atoms with Crippen LogP contribution in [-0.2, 0) is 13.2 Å². The molecule has 1 unspecified atom stereocenters. The summed E-state index contributed by atoms with van der Waals surface area (Å²) in [5.41, 5.74) is 4.89. The summed E-state index contributed by atoms with van der Waals surface area (Å²) in [5.74, 6) is 0.928. The first-order valence-corrected chi connectivity index (χ1v) is 10.4.